The van der Waals surface area contributed by atoms with Gasteiger partial charge in [-0.1, -0.05) is 40.1 Å². The minimum Gasteiger partial charge on any atom is -0.339 e. The van der Waals surface area contributed by atoms with Crippen LogP contribution in [0, 0.1) is 19.8 Å². The van der Waals surface area contributed by atoms with Gasteiger partial charge in [-0.15, -0.1) is 0 Å². The number of hydrogen-bond acceptors (Lipinski definition) is 6. The van der Waals surface area contributed by atoms with Crippen LogP contribution in [0.2, 0.25) is 0 Å². The Bertz CT molecular complexity index is 1310. The lowest BCUT2D eigenvalue weighted by Crippen LogP contribution is -2.41. The van der Waals surface area contributed by atoms with E-state index in [2.05, 4.69) is 31.4 Å². The number of carbonyl (C=O) groups is 1. The lowest BCUT2D eigenvalue weighted by molar-refractivity contribution is -0.120. The van der Waals surface area contributed by atoms with E-state index in [0.717, 1.165) is 15.7 Å². The van der Waals surface area contributed by atoms with Crippen molar-refractivity contribution in [1.82, 2.24) is 14.4 Å². The van der Waals surface area contributed by atoms with Gasteiger partial charge in [0.15, 0.2) is 0 Å². The molecule has 1 fully saturated rings. The van der Waals surface area contributed by atoms with Crippen molar-refractivity contribution in [2.75, 3.05) is 18.4 Å². The Kier molecular flexibility index (Phi) is 7.20. The Labute approximate surface area is 207 Å². The van der Waals surface area contributed by atoms with Crippen molar-refractivity contribution in [2.24, 2.45) is 5.92 Å². The first-order chi connectivity index (χ1) is 16.2. The molecule has 0 atom stereocenters. The molecule has 2 aromatic carbocycles. The average Bonchev–Trinajstić information content (AvgIpc) is 3.31. The summed E-state index contributed by atoms with van der Waals surface area (Å²) in [6, 6.07) is 10.8. The van der Waals surface area contributed by atoms with Gasteiger partial charge in [0.25, 0.3) is 0 Å². The normalized spacial score (nSPS) is 15.4. The van der Waals surface area contributed by atoms with E-state index >= 15 is 0 Å². The van der Waals surface area contributed by atoms with Crippen LogP contribution in [0.5, 0.6) is 0 Å². The molecule has 1 N–H and O–H groups in total. The molecule has 1 amide bonds. The molecule has 0 saturated carbocycles. The second-order valence-corrected chi connectivity index (χ2v) is 11.2. The minimum atomic E-state index is -3.73. The molecule has 3 aromatic rings. The first-order valence-electron chi connectivity index (χ1n) is 11.2. The standard InChI is InChI=1S/C24H27BrN4O4S/c1-4-22-27-23(28-33-22)18-6-5-15(2)21(14-18)34(31,32)29-11-9-17(10-12-29)24(30)26-19-7-8-20(25)16(3)13-19/h5-8,13-14,17H,4,9-12H2,1-3H3,(H,26,30). The van der Waals surface area contributed by atoms with Gasteiger partial charge in [-0.2, -0.15) is 9.29 Å². The highest BCUT2D eigenvalue weighted by Gasteiger charge is 2.33. The molecular weight excluding hydrogens is 520 g/mol. The van der Waals surface area contributed by atoms with E-state index in [1.807, 2.05) is 32.0 Å². The second-order valence-electron chi connectivity index (χ2n) is 8.48. The molecule has 0 aliphatic carbocycles. The van der Waals surface area contributed by atoms with Gasteiger partial charge in [-0.25, -0.2) is 8.42 Å². The highest BCUT2D eigenvalue weighted by atomic mass is 79.9. The minimum absolute atomic E-state index is 0.0826. The van der Waals surface area contributed by atoms with E-state index in [0.29, 0.717) is 42.1 Å². The molecule has 0 unspecified atom stereocenters. The number of benzene rings is 2. The van der Waals surface area contributed by atoms with Crippen molar-refractivity contribution >= 4 is 37.5 Å². The zero-order valence-electron chi connectivity index (χ0n) is 19.3. The Hall–Kier alpha value is -2.56. The Morgan fingerprint density at radius 3 is 2.53 bits per heavy atom. The number of nitrogens with one attached hydrogen (secondary N) is 1. The van der Waals surface area contributed by atoms with E-state index in [-0.39, 0.29) is 29.8 Å². The Morgan fingerprint density at radius 1 is 1.15 bits per heavy atom. The quantitative estimate of drug-likeness (QED) is 0.479. The van der Waals surface area contributed by atoms with Crippen LogP contribution in [0.3, 0.4) is 0 Å². The summed E-state index contributed by atoms with van der Waals surface area (Å²) in [5.41, 5.74) is 3.00. The number of aromatic nitrogens is 2. The van der Waals surface area contributed by atoms with E-state index < -0.39 is 10.0 Å². The van der Waals surface area contributed by atoms with Gasteiger partial charge in [0.1, 0.15) is 0 Å². The molecule has 10 heteroatoms. The third kappa shape index (κ3) is 5.08. The van der Waals surface area contributed by atoms with Gasteiger partial charge >= 0.3 is 0 Å². The zero-order chi connectivity index (χ0) is 24.5. The van der Waals surface area contributed by atoms with Gasteiger partial charge < -0.3 is 9.84 Å². The number of hydrogen-bond donors (Lipinski definition) is 1. The highest BCUT2D eigenvalue weighted by Crippen LogP contribution is 2.29. The first kappa shape index (κ1) is 24.6. The molecule has 0 bridgehead atoms. The molecule has 1 aromatic heterocycles. The Balaban J connectivity index is 1.46. The molecule has 1 aliphatic rings. The molecule has 0 radical (unpaired) electrons. The fourth-order valence-electron chi connectivity index (χ4n) is 4.00. The zero-order valence-corrected chi connectivity index (χ0v) is 21.7. The predicted octanol–water partition coefficient (Wildman–Crippen LogP) is 4.72. The van der Waals surface area contributed by atoms with Crippen molar-refractivity contribution < 1.29 is 17.7 Å². The number of piperidine rings is 1. The monoisotopic (exact) mass is 546 g/mol. The maximum absolute atomic E-state index is 13.4. The van der Waals surface area contributed by atoms with Gasteiger partial charge in [-0.3, -0.25) is 4.79 Å². The van der Waals surface area contributed by atoms with Crippen molar-refractivity contribution in [1.29, 1.82) is 0 Å². The highest BCUT2D eigenvalue weighted by molar-refractivity contribution is 9.10. The molecular formula is C24H27BrN4O4S. The maximum atomic E-state index is 13.4. The molecule has 4 rings (SSSR count). The number of sulfonamides is 1. The van der Waals surface area contributed by atoms with Gasteiger partial charge in [0.2, 0.25) is 27.6 Å². The summed E-state index contributed by atoms with van der Waals surface area (Å²) < 4.78 is 34.5. The topological polar surface area (TPSA) is 105 Å². The summed E-state index contributed by atoms with van der Waals surface area (Å²) in [6.45, 7) is 6.20. The van der Waals surface area contributed by atoms with Crippen molar-refractivity contribution in [3.63, 3.8) is 0 Å². The van der Waals surface area contributed by atoms with E-state index in [4.69, 9.17) is 4.52 Å². The summed E-state index contributed by atoms with van der Waals surface area (Å²) in [7, 11) is -3.73. The fourth-order valence-corrected chi connectivity index (χ4v) is 5.96. The summed E-state index contributed by atoms with van der Waals surface area (Å²) in [6.07, 6.45) is 1.53. The largest absolute Gasteiger partial charge is 0.339 e. The Morgan fingerprint density at radius 2 is 1.88 bits per heavy atom. The van der Waals surface area contributed by atoms with Gasteiger partial charge in [0, 0.05) is 41.2 Å². The second kappa shape index (κ2) is 9.97. The van der Waals surface area contributed by atoms with Crippen LogP contribution in [0.1, 0.15) is 36.8 Å². The summed E-state index contributed by atoms with van der Waals surface area (Å²) in [4.78, 5) is 17.3. The van der Waals surface area contributed by atoms with Crippen LogP contribution >= 0.6 is 15.9 Å². The molecule has 1 aliphatic heterocycles. The molecule has 180 valence electrons. The summed E-state index contributed by atoms with van der Waals surface area (Å²) in [5, 5.41) is 6.91. The van der Waals surface area contributed by atoms with Crippen LogP contribution in [-0.2, 0) is 21.2 Å². The average molecular weight is 547 g/mol. The van der Waals surface area contributed by atoms with E-state index in [1.54, 1.807) is 25.1 Å². The molecule has 34 heavy (non-hydrogen) atoms. The van der Waals surface area contributed by atoms with Crippen LogP contribution < -0.4 is 5.32 Å². The summed E-state index contributed by atoms with van der Waals surface area (Å²) in [5.74, 6) is 0.542. The van der Waals surface area contributed by atoms with Crippen LogP contribution in [0.25, 0.3) is 11.4 Å². The fraction of sp³-hybridized carbons (Fsp3) is 0.375. The third-order valence-corrected chi connectivity index (χ3v) is 9.02. The number of halogens is 1. The number of amides is 1. The van der Waals surface area contributed by atoms with E-state index in [9.17, 15) is 13.2 Å². The van der Waals surface area contributed by atoms with Crippen molar-refractivity contribution in [3.05, 3.63) is 57.9 Å². The van der Waals surface area contributed by atoms with E-state index in [1.165, 1.54) is 4.31 Å². The van der Waals surface area contributed by atoms with Crippen LogP contribution in [0.4, 0.5) is 5.69 Å². The number of rotatable bonds is 6. The predicted molar refractivity (Wildman–Crippen MR) is 133 cm³/mol. The van der Waals surface area contributed by atoms with Gasteiger partial charge in [-0.05, 0) is 62.1 Å². The molecule has 1 saturated heterocycles. The molecule has 0 spiro atoms. The van der Waals surface area contributed by atoms with Gasteiger partial charge in [0.05, 0.1) is 4.90 Å². The lowest BCUT2D eigenvalue weighted by atomic mass is 9.97. The third-order valence-electron chi connectivity index (χ3n) is 6.08. The molecule has 8 nitrogen and oxygen atoms in total. The van der Waals surface area contributed by atoms with Crippen molar-refractivity contribution in [3.8, 4) is 11.4 Å². The SMILES string of the molecule is CCc1nc(-c2ccc(C)c(S(=O)(=O)N3CCC(C(=O)Nc4ccc(Br)c(C)c4)CC3)c2)no1. The van der Waals surface area contributed by atoms with Crippen LogP contribution in [-0.4, -0.2) is 41.9 Å². The van der Waals surface area contributed by atoms with Crippen molar-refractivity contribution in [2.45, 2.75) is 44.9 Å². The number of carbonyl (C=O) groups excluding carboxylic acids is 1. The number of anilines is 1. The lowest BCUT2D eigenvalue weighted by Gasteiger charge is -2.31. The summed E-state index contributed by atoms with van der Waals surface area (Å²) >= 11 is 3.46. The smallest absolute Gasteiger partial charge is 0.243 e. The first-order valence-corrected chi connectivity index (χ1v) is 13.4. The molecule has 2 heterocycles. The number of nitrogens with zero attached hydrogens (tertiary/aromatic N) is 3. The number of aryl methyl sites for hydroxylation is 3. The van der Waals surface area contributed by atoms with Crippen LogP contribution in [0.15, 0.2) is 50.3 Å². The maximum Gasteiger partial charge on any atom is 0.243 e.